The van der Waals surface area contributed by atoms with E-state index in [4.69, 9.17) is 5.11 Å². The van der Waals surface area contributed by atoms with Crippen LogP contribution in [0.4, 0.5) is 0 Å². The van der Waals surface area contributed by atoms with E-state index in [0.29, 0.717) is 0 Å². The van der Waals surface area contributed by atoms with Gasteiger partial charge in [-0.2, -0.15) is 55.3 Å². The van der Waals surface area contributed by atoms with E-state index in [1.54, 1.807) is 6.92 Å². The molecular formula is C41H51OZr. The zero-order valence-electron chi connectivity index (χ0n) is 27.1. The second-order valence-corrected chi connectivity index (χ2v) is 11.6. The summed E-state index contributed by atoms with van der Waals surface area (Å²) in [7, 11) is 0. The molecule has 5 aromatic carbocycles. The summed E-state index contributed by atoms with van der Waals surface area (Å²) in [5.41, 5.74) is 7.91. The number of benzene rings is 4. The van der Waals surface area contributed by atoms with Gasteiger partial charge >= 0.3 is 26.2 Å². The van der Waals surface area contributed by atoms with Gasteiger partial charge in [0.15, 0.2) is 0 Å². The zero-order chi connectivity index (χ0) is 30.8. The molecule has 0 aliphatic heterocycles. The molecule has 1 N–H and O–H groups in total. The standard InChI is InChI=1S/C25H31.2C7H7.C2H6O.Zr/c1-5-6-7-8-10-19-17-21-11-9-12-23(24(21)18-19)20-13-15-22(16-14-20)25(2,3)4;2*1-7-5-3-2-4-6-7;1-2-3;/h9,11-18H,5-8,10H2,1-4H3;2*2-6H,1H2;3H,2H2,1H3;/q3*-1;;+3. The van der Waals surface area contributed by atoms with E-state index in [0.717, 1.165) is 11.1 Å². The third-order valence-corrected chi connectivity index (χ3v) is 6.88. The third kappa shape index (κ3) is 14.4. The third-order valence-electron chi connectivity index (χ3n) is 6.88. The van der Waals surface area contributed by atoms with Gasteiger partial charge in [-0.25, -0.2) is 0 Å². The van der Waals surface area contributed by atoms with Crippen LogP contribution in [0.15, 0.2) is 115 Å². The van der Waals surface area contributed by atoms with E-state index in [9.17, 15) is 0 Å². The molecule has 0 amide bonds. The molecule has 0 spiro atoms. The Balaban J connectivity index is 0.000000417. The second-order valence-electron chi connectivity index (χ2n) is 11.6. The first-order valence-electron chi connectivity index (χ1n) is 15.3. The van der Waals surface area contributed by atoms with Gasteiger partial charge in [-0.3, -0.25) is 0 Å². The van der Waals surface area contributed by atoms with Crippen LogP contribution in [0.25, 0.3) is 21.9 Å². The van der Waals surface area contributed by atoms with Gasteiger partial charge in [0.2, 0.25) is 0 Å². The molecule has 0 atom stereocenters. The smallest absolute Gasteiger partial charge is 0.397 e. The van der Waals surface area contributed by atoms with E-state index in [-0.39, 0.29) is 38.2 Å². The fraction of sp³-hybridized carbons (Fsp3) is 0.293. The average Bonchev–Trinajstić information content (AvgIpc) is 3.40. The SMILES string of the molecule is CCCCCCc1cc2c(-c3ccc(C(C)(C)C)cc3)cccc2[cH-]1.CCO.[CH2-]c1ccccc1.[CH2-]c1ccccc1.[Zr+3]. The Labute approximate surface area is 281 Å². The molecule has 0 saturated carbocycles. The minimum atomic E-state index is 0. The monoisotopic (exact) mass is 649 g/mol. The van der Waals surface area contributed by atoms with Gasteiger partial charge in [0.1, 0.15) is 0 Å². The van der Waals surface area contributed by atoms with Gasteiger partial charge in [0, 0.05) is 6.61 Å². The predicted molar refractivity (Wildman–Crippen MR) is 186 cm³/mol. The number of fused-ring (bicyclic) bond motifs is 1. The van der Waals surface area contributed by atoms with Crippen LogP contribution in [0.2, 0.25) is 0 Å². The molecule has 2 heteroatoms. The molecular weight excluding hydrogens is 600 g/mol. The number of hydrogen-bond donors (Lipinski definition) is 1. The maximum Gasteiger partial charge on any atom is 3.00 e. The van der Waals surface area contributed by atoms with Crippen molar-refractivity contribution in [2.24, 2.45) is 0 Å². The maximum atomic E-state index is 7.57. The first kappa shape index (κ1) is 38.1. The summed E-state index contributed by atoms with van der Waals surface area (Å²) < 4.78 is 0. The molecule has 0 aromatic heterocycles. The number of aliphatic hydroxyl groups is 1. The first-order chi connectivity index (χ1) is 20.2. The van der Waals surface area contributed by atoms with Crippen LogP contribution in [-0.2, 0) is 38.0 Å². The summed E-state index contributed by atoms with van der Waals surface area (Å²) in [6, 6.07) is 40.4. The van der Waals surface area contributed by atoms with E-state index in [1.165, 1.54) is 65.1 Å². The summed E-state index contributed by atoms with van der Waals surface area (Å²) in [6.07, 6.45) is 6.51. The molecule has 5 rings (SSSR count). The molecule has 5 aromatic rings. The number of hydrogen-bond acceptors (Lipinski definition) is 1. The minimum absolute atomic E-state index is 0. The number of aryl methyl sites for hydroxylation is 1. The van der Waals surface area contributed by atoms with Crippen molar-refractivity contribution < 1.29 is 31.3 Å². The van der Waals surface area contributed by atoms with Gasteiger partial charge in [-0.05, 0) is 29.9 Å². The molecule has 0 unspecified atom stereocenters. The first-order valence-corrected chi connectivity index (χ1v) is 15.3. The summed E-state index contributed by atoms with van der Waals surface area (Å²) in [4.78, 5) is 0. The van der Waals surface area contributed by atoms with Crippen molar-refractivity contribution in [2.75, 3.05) is 6.61 Å². The van der Waals surface area contributed by atoms with E-state index in [1.807, 2.05) is 60.7 Å². The Morgan fingerprint density at radius 3 is 1.65 bits per heavy atom. The summed E-state index contributed by atoms with van der Waals surface area (Å²) in [5, 5.41) is 10.3. The predicted octanol–water partition coefficient (Wildman–Crippen LogP) is 11.4. The largest absolute Gasteiger partial charge is 3.00 e. The Morgan fingerprint density at radius 2 is 1.21 bits per heavy atom. The Morgan fingerprint density at radius 1 is 0.674 bits per heavy atom. The van der Waals surface area contributed by atoms with Crippen LogP contribution < -0.4 is 0 Å². The molecule has 225 valence electrons. The molecule has 0 heterocycles. The van der Waals surface area contributed by atoms with Crippen LogP contribution in [0, 0.1) is 13.8 Å². The number of unbranched alkanes of at least 4 members (excludes halogenated alkanes) is 3. The van der Waals surface area contributed by atoms with Gasteiger partial charge < -0.3 is 5.11 Å². The van der Waals surface area contributed by atoms with Crippen LogP contribution >= 0.6 is 0 Å². The molecule has 0 saturated heterocycles. The minimum Gasteiger partial charge on any atom is -0.397 e. The van der Waals surface area contributed by atoms with E-state index < -0.39 is 0 Å². The Hall–Kier alpha value is -2.93. The van der Waals surface area contributed by atoms with Gasteiger partial charge in [-0.15, -0.1) is 58.8 Å². The summed E-state index contributed by atoms with van der Waals surface area (Å²) in [6.45, 7) is 18.4. The average molecular weight is 651 g/mol. The molecule has 0 bridgehead atoms. The fourth-order valence-electron chi connectivity index (χ4n) is 4.55. The van der Waals surface area contributed by atoms with Crippen LogP contribution in [0.1, 0.15) is 82.6 Å². The maximum absolute atomic E-state index is 7.57. The van der Waals surface area contributed by atoms with Crippen molar-refractivity contribution in [3.8, 4) is 11.1 Å². The molecule has 0 aliphatic carbocycles. The molecule has 43 heavy (non-hydrogen) atoms. The molecule has 0 fully saturated rings. The van der Waals surface area contributed by atoms with Crippen molar-refractivity contribution in [1.82, 2.24) is 0 Å². The second kappa shape index (κ2) is 20.9. The Bertz CT molecular complexity index is 1340. The molecule has 1 nitrogen and oxygen atoms in total. The zero-order valence-corrected chi connectivity index (χ0v) is 29.5. The molecule has 1 radical (unpaired) electrons. The van der Waals surface area contributed by atoms with Crippen molar-refractivity contribution in [3.05, 3.63) is 151 Å². The number of rotatable bonds is 6. The fourth-order valence-corrected chi connectivity index (χ4v) is 4.55. The quantitative estimate of drug-likeness (QED) is 0.143. The number of aliphatic hydroxyl groups excluding tert-OH is 1. The topological polar surface area (TPSA) is 20.2 Å². The van der Waals surface area contributed by atoms with Crippen LogP contribution in [0.5, 0.6) is 0 Å². The van der Waals surface area contributed by atoms with Gasteiger partial charge in [0.05, 0.1) is 0 Å². The normalized spacial score (nSPS) is 10.2. The van der Waals surface area contributed by atoms with E-state index >= 15 is 0 Å². The van der Waals surface area contributed by atoms with Crippen molar-refractivity contribution >= 4 is 10.8 Å². The van der Waals surface area contributed by atoms with Crippen LogP contribution in [-0.4, -0.2) is 11.7 Å². The van der Waals surface area contributed by atoms with E-state index in [2.05, 4.69) is 96.1 Å². The van der Waals surface area contributed by atoms with Crippen molar-refractivity contribution in [1.29, 1.82) is 0 Å². The van der Waals surface area contributed by atoms with Crippen LogP contribution in [0.3, 0.4) is 0 Å². The summed E-state index contributed by atoms with van der Waals surface area (Å²) >= 11 is 0. The summed E-state index contributed by atoms with van der Waals surface area (Å²) in [5.74, 6) is 0. The molecule has 0 aliphatic rings. The Kier molecular flexibility index (Phi) is 18.5. The van der Waals surface area contributed by atoms with Crippen molar-refractivity contribution in [2.45, 2.75) is 72.1 Å². The van der Waals surface area contributed by atoms with Gasteiger partial charge in [-0.1, -0.05) is 101 Å². The van der Waals surface area contributed by atoms with Gasteiger partial charge in [0.25, 0.3) is 0 Å². The van der Waals surface area contributed by atoms with Crippen molar-refractivity contribution in [3.63, 3.8) is 0 Å².